The van der Waals surface area contributed by atoms with E-state index in [9.17, 15) is 4.79 Å². The maximum atomic E-state index is 10.6. The van der Waals surface area contributed by atoms with Crippen LogP contribution in [0.15, 0.2) is 5.51 Å². The van der Waals surface area contributed by atoms with Crippen molar-refractivity contribution in [3.8, 4) is 0 Å². The molecule has 0 aromatic carbocycles. The van der Waals surface area contributed by atoms with Gasteiger partial charge >= 0.3 is 0 Å². The van der Waals surface area contributed by atoms with Gasteiger partial charge in [-0.15, -0.1) is 11.3 Å². The summed E-state index contributed by atoms with van der Waals surface area (Å²) < 4.78 is 0. The molecule has 1 aliphatic rings. The van der Waals surface area contributed by atoms with Crippen molar-refractivity contribution in [2.45, 2.75) is 6.42 Å². The van der Waals surface area contributed by atoms with Crippen molar-refractivity contribution in [1.29, 1.82) is 0 Å². The van der Waals surface area contributed by atoms with Crippen LogP contribution >= 0.6 is 11.3 Å². The molecule has 0 saturated carbocycles. The number of amides is 1. The predicted octanol–water partition coefficient (Wildman–Crippen LogP) is 0.638. The van der Waals surface area contributed by atoms with Crippen molar-refractivity contribution < 1.29 is 4.79 Å². The first kappa shape index (κ1) is 4.93. The van der Waals surface area contributed by atoms with Crippen LogP contribution in [-0.2, 0) is 11.2 Å². The number of anilines is 1. The van der Waals surface area contributed by atoms with Crippen LogP contribution in [-0.4, -0.2) is 10.9 Å². The smallest absolute Gasteiger partial charge is 0.230 e. The van der Waals surface area contributed by atoms with Crippen molar-refractivity contribution in [2.24, 2.45) is 0 Å². The molecule has 9 heavy (non-hydrogen) atoms. The molecule has 1 amide bonds. The van der Waals surface area contributed by atoms with E-state index in [0.29, 0.717) is 6.42 Å². The molecule has 2 rings (SSSR count). The van der Waals surface area contributed by atoms with E-state index in [4.69, 9.17) is 0 Å². The zero-order chi connectivity index (χ0) is 6.27. The van der Waals surface area contributed by atoms with Crippen molar-refractivity contribution in [3.05, 3.63) is 10.4 Å². The first-order valence-corrected chi connectivity index (χ1v) is 3.46. The van der Waals surface area contributed by atoms with Crippen LogP contribution in [0, 0.1) is 0 Å². The first-order chi connectivity index (χ1) is 4.36. The predicted molar refractivity (Wildman–Crippen MR) is 34.4 cm³/mol. The summed E-state index contributed by atoms with van der Waals surface area (Å²) in [5.41, 5.74) is 1.74. The molecule has 0 saturated heterocycles. The minimum atomic E-state index is 0.0596. The molecular weight excluding hydrogens is 136 g/mol. The summed E-state index contributed by atoms with van der Waals surface area (Å²) in [6.45, 7) is 0. The Morgan fingerprint density at radius 1 is 1.78 bits per heavy atom. The molecule has 0 spiro atoms. The van der Waals surface area contributed by atoms with Gasteiger partial charge in [0.15, 0.2) is 0 Å². The minimum Gasteiger partial charge on any atom is -0.309 e. The maximum absolute atomic E-state index is 10.6. The van der Waals surface area contributed by atoms with Crippen LogP contribution in [0.2, 0.25) is 0 Å². The third-order valence-electron chi connectivity index (χ3n) is 1.22. The fourth-order valence-electron chi connectivity index (χ4n) is 0.820. The molecule has 0 atom stereocenters. The molecule has 0 unspecified atom stereocenters. The standard InChI is InChI=1S/C5H4N2OS/c8-4-1-3-5(7-4)6-2-9-3/h2H,1H2,(H,7,8). The molecular formula is C5H4N2OS. The van der Waals surface area contributed by atoms with E-state index in [-0.39, 0.29) is 5.91 Å². The fraction of sp³-hybridized carbons (Fsp3) is 0.200. The number of hydrogen-bond donors (Lipinski definition) is 1. The number of aromatic nitrogens is 1. The Hall–Kier alpha value is -0.900. The molecule has 3 nitrogen and oxygen atoms in total. The average Bonchev–Trinajstić information content (AvgIpc) is 2.22. The Balaban J connectivity index is 2.49. The molecule has 2 heterocycles. The first-order valence-electron chi connectivity index (χ1n) is 2.58. The Morgan fingerprint density at radius 3 is 3.44 bits per heavy atom. The molecule has 0 radical (unpaired) electrons. The lowest BCUT2D eigenvalue weighted by Crippen LogP contribution is -2.04. The minimum absolute atomic E-state index is 0.0596. The summed E-state index contributed by atoms with van der Waals surface area (Å²) in [5.74, 6) is 0.814. The van der Waals surface area contributed by atoms with Gasteiger partial charge < -0.3 is 5.32 Å². The molecule has 1 aromatic rings. The summed E-state index contributed by atoms with van der Waals surface area (Å²) in [5, 5.41) is 2.64. The number of nitrogens with one attached hydrogen (secondary N) is 1. The molecule has 1 aromatic heterocycles. The Labute approximate surface area is 55.7 Å². The highest BCUT2D eigenvalue weighted by molar-refractivity contribution is 7.10. The lowest BCUT2D eigenvalue weighted by Gasteiger charge is -1.84. The number of fused-ring (bicyclic) bond motifs is 1. The maximum Gasteiger partial charge on any atom is 0.230 e. The van der Waals surface area contributed by atoms with E-state index in [1.165, 1.54) is 11.3 Å². The average molecular weight is 140 g/mol. The third-order valence-corrected chi connectivity index (χ3v) is 2.05. The number of carbonyl (C=O) groups is 1. The SMILES string of the molecule is O=C1Cc2scnc2N1. The Morgan fingerprint density at radius 2 is 2.67 bits per heavy atom. The second-order valence-corrected chi connectivity index (χ2v) is 2.79. The van der Waals surface area contributed by atoms with E-state index in [2.05, 4.69) is 10.3 Å². The van der Waals surface area contributed by atoms with E-state index in [1.54, 1.807) is 5.51 Å². The van der Waals surface area contributed by atoms with Crippen molar-refractivity contribution in [2.75, 3.05) is 5.32 Å². The summed E-state index contributed by atoms with van der Waals surface area (Å²) in [4.78, 5) is 15.6. The molecule has 1 aliphatic heterocycles. The van der Waals surface area contributed by atoms with Gasteiger partial charge in [0.1, 0.15) is 5.82 Å². The highest BCUT2D eigenvalue weighted by atomic mass is 32.1. The highest BCUT2D eigenvalue weighted by Gasteiger charge is 2.19. The third kappa shape index (κ3) is 0.632. The molecule has 4 heteroatoms. The summed E-state index contributed by atoms with van der Waals surface area (Å²) >= 11 is 1.52. The number of rotatable bonds is 0. The van der Waals surface area contributed by atoms with Crippen LogP contribution in [0.3, 0.4) is 0 Å². The van der Waals surface area contributed by atoms with E-state index in [0.717, 1.165) is 10.7 Å². The molecule has 1 N–H and O–H groups in total. The monoisotopic (exact) mass is 140 g/mol. The van der Waals surface area contributed by atoms with E-state index >= 15 is 0 Å². The summed E-state index contributed by atoms with van der Waals surface area (Å²) in [6, 6.07) is 0. The van der Waals surface area contributed by atoms with Crippen molar-refractivity contribution >= 4 is 23.1 Å². The molecule has 0 aliphatic carbocycles. The Bertz CT molecular complexity index is 233. The zero-order valence-corrected chi connectivity index (χ0v) is 5.36. The number of thiazole rings is 1. The van der Waals surface area contributed by atoms with E-state index in [1.807, 2.05) is 0 Å². The van der Waals surface area contributed by atoms with Crippen LogP contribution in [0.4, 0.5) is 5.82 Å². The van der Waals surface area contributed by atoms with Gasteiger partial charge in [0.2, 0.25) is 5.91 Å². The summed E-state index contributed by atoms with van der Waals surface area (Å²) in [6.07, 6.45) is 0.514. The number of nitrogens with zero attached hydrogens (tertiary/aromatic N) is 1. The summed E-state index contributed by atoms with van der Waals surface area (Å²) in [7, 11) is 0. The van der Waals surface area contributed by atoms with Crippen LogP contribution in [0.1, 0.15) is 4.88 Å². The second-order valence-electron chi connectivity index (χ2n) is 1.85. The lowest BCUT2D eigenvalue weighted by molar-refractivity contribution is -0.115. The van der Waals surface area contributed by atoms with Crippen LogP contribution in [0.5, 0.6) is 0 Å². The lowest BCUT2D eigenvalue weighted by atomic mass is 10.4. The molecule has 46 valence electrons. The van der Waals surface area contributed by atoms with Gasteiger partial charge in [0, 0.05) is 0 Å². The molecule has 0 bridgehead atoms. The van der Waals surface area contributed by atoms with Gasteiger partial charge in [0.05, 0.1) is 16.8 Å². The van der Waals surface area contributed by atoms with Gasteiger partial charge in [-0.05, 0) is 0 Å². The van der Waals surface area contributed by atoms with Crippen molar-refractivity contribution in [1.82, 2.24) is 4.98 Å². The quantitative estimate of drug-likeness (QED) is 0.574. The van der Waals surface area contributed by atoms with Crippen molar-refractivity contribution in [3.63, 3.8) is 0 Å². The van der Waals surface area contributed by atoms with Gasteiger partial charge in [0.25, 0.3) is 0 Å². The zero-order valence-electron chi connectivity index (χ0n) is 4.55. The molecule has 0 fully saturated rings. The van der Waals surface area contributed by atoms with Gasteiger partial charge in [-0.3, -0.25) is 4.79 Å². The fourth-order valence-corrected chi connectivity index (χ4v) is 1.54. The topological polar surface area (TPSA) is 42.0 Å². The Kier molecular flexibility index (Phi) is 0.843. The van der Waals surface area contributed by atoms with Gasteiger partial charge in [-0.25, -0.2) is 4.98 Å². The van der Waals surface area contributed by atoms with Crippen LogP contribution in [0.25, 0.3) is 0 Å². The van der Waals surface area contributed by atoms with Crippen LogP contribution < -0.4 is 5.32 Å². The number of carbonyl (C=O) groups excluding carboxylic acids is 1. The normalized spacial score (nSPS) is 15.3. The largest absolute Gasteiger partial charge is 0.309 e. The van der Waals surface area contributed by atoms with Gasteiger partial charge in [-0.1, -0.05) is 0 Å². The van der Waals surface area contributed by atoms with Gasteiger partial charge in [-0.2, -0.15) is 0 Å². The highest BCUT2D eigenvalue weighted by Crippen LogP contribution is 2.24. The van der Waals surface area contributed by atoms with E-state index < -0.39 is 0 Å². The second kappa shape index (κ2) is 1.54. The number of hydrogen-bond acceptors (Lipinski definition) is 3.